The van der Waals surface area contributed by atoms with Crippen LogP contribution >= 0.6 is 27.3 Å². The smallest absolute Gasteiger partial charge is 0.354 e. The first kappa shape index (κ1) is 13.0. The summed E-state index contributed by atoms with van der Waals surface area (Å²) in [6, 6.07) is 5.43. The molecule has 0 aliphatic carbocycles. The van der Waals surface area contributed by atoms with Crippen LogP contribution in [0.5, 0.6) is 0 Å². The Kier molecular flexibility index (Phi) is 3.98. The van der Waals surface area contributed by atoms with E-state index in [0.29, 0.717) is 0 Å². The topological polar surface area (TPSA) is 53.4 Å². The molecule has 2 aromatic heterocycles. The van der Waals surface area contributed by atoms with Crippen LogP contribution in [0.3, 0.4) is 0 Å². The zero-order valence-corrected chi connectivity index (χ0v) is 12.0. The lowest BCUT2D eigenvalue weighted by Gasteiger charge is -2.18. The molecule has 0 aromatic carbocycles. The van der Waals surface area contributed by atoms with Crippen molar-refractivity contribution in [1.29, 1.82) is 0 Å². The van der Waals surface area contributed by atoms with Crippen LogP contribution in [0.1, 0.15) is 15.4 Å². The highest BCUT2D eigenvalue weighted by atomic mass is 79.9. The zero-order valence-electron chi connectivity index (χ0n) is 9.63. The van der Waals surface area contributed by atoms with Crippen molar-refractivity contribution >= 4 is 38.9 Å². The summed E-state index contributed by atoms with van der Waals surface area (Å²) >= 11 is 5.08. The van der Waals surface area contributed by atoms with Crippen molar-refractivity contribution in [2.24, 2.45) is 0 Å². The van der Waals surface area contributed by atoms with Crippen LogP contribution in [0.4, 0.5) is 5.69 Å². The molecule has 0 unspecified atom stereocenters. The molecular formula is C12H11BrN2O2S. The van der Waals surface area contributed by atoms with Gasteiger partial charge in [0.05, 0.1) is 6.54 Å². The molecule has 2 heterocycles. The van der Waals surface area contributed by atoms with Crippen LogP contribution < -0.4 is 4.90 Å². The summed E-state index contributed by atoms with van der Waals surface area (Å²) in [5.74, 6) is -1.01. The minimum Gasteiger partial charge on any atom is -0.477 e. The molecule has 94 valence electrons. The third kappa shape index (κ3) is 3.08. The van der Waals surface area contributed by atoms with Crippen molar-refractivity contribution < 1.29 is 9.90 Å². The van der Waals surface area contributed by atoms with E-state index in [1.807, 2.05) is 17.3 Å². The van der Waals surface area contributed by atoms with Gasteiger partial charge in [-0.3, -0.25) is 0 Å². The van der Waals surface area contributed by atoms with Gasteiger partial charge >= 0.3 is 5.97 Å². The van der Waals surface area contributed by atoms with Crippen molar-refractivity contribution in [2.75, 3.05) is 11.9 Å². The Morgan fingerprint density at radius 2 is 2.33 bits per heavy atom. The first-order valence-corrected chi connectivity index (χ1v) is 6.87. The van der Waals surface area contributed by atoms with Crippen LogP contribution in [-0.4, -0.2) is 23.1 Å². The molecule has 2 rings (SSSR count). The fourth-order valence-electron chi connectivity index (χ4n) is 1.54. The van der Waals surface area contributed by atoms with Gasteiger partial charge in [-0.25, -0.2) is 9.78 Å². The first-order valence-electron chi connectivity index (χ1n) is 5.19. The zero-order chi connectivity index (χ0) is 13.1. The Morgan fingerprint density at radius 1 is 1.56 bits per heavy atom. The van der Waals surface area contributed by atoms with Gasteiger partial charge in [-0.2, -0.15) is 0 Å². The van der Waals surface area contributed by atoms with Gasteiger partial charge in [-0.1, -0.05) is 0 Å². The third-order valence-corrected chi connectivity index (χ3v) is 4.10. The first-order chi connectivity index (χ1) is 8.56. The normalized spacial score (nSPS) is 10.3. The van der Waals surface area contributed by atoms with Crippen molar-refractivity contribution in [1.82, 2.24) is 4.98 Å². The number of nitrogens with zero attached hydrogens (tertiary/aromatic N) is 2. The van der Waals surface area contributed by atoms with Crippen molar-refractivity contribution in [3.63, 3.8) is 0 Å². The lowest BCUT2D eigenvalue weighted by atomic mass is 10.3. The van der Waals surface area contributed by atoms with Gasteiger partial charge in [-0.05, 0) is 34.1 Å². The second-order valence-corrected chi connectivity index (χ2v) is 5.70. The van der Waals surface area contributed by atoms with Crippen LogP contribution in [0.2, 0.25) is 0 Å². The predicted octanol–water partition coefficient (Wildman–Crippen LogP) is 3.24. The molecule has 0 atom stereocenters. The molecule has 4 nitrogen and oxygen atoms in total. The molecule has 6 heteroatoms. The predicted molar refractivity (Wildman–Crippen MR) is 75.3 cm³/mol. The number of halogens is 1. The Hall–Kier alpha value is -1.40. The van der Waals surface area contributed by atoms with Crippen molar-refractivity contribution in [2.45, 2.75) is 6.54 Å². The number of aromatic carboxylic acids is 1. The van der Waals surface area contributed by atoms with Gasteiger partial charge < -0.3 is 10.0 Å². The maximum absolute atomic E-state index is 10.9. The average molecular weight is 327 g/mol. The van der Waals surface area contributed by atoms with E-state index in [-0.39, 0.29) is 5.69 Å². The maximum Gasteiger partial charge on any atom is 0.354 e. The molecular weight excluding hydrogens is 316 g/mol. The number of carbonyl (C=O) groups is 1. The van der Waals surface area contributed by atoms with E-state index in [0.717, 1.165) is 16.7 Å². The van der Waals surface area contributed by atoms with Gasteiger partial charge in [0, 0.05) is 33.7 Å². The van der Waals surface area contributed by atoms with Gasteiger partial charge in [0.25, 0.3) is 0 Å². The van der Waals surface area contributed by atoms with E-state index in [2.05, 4.69) is 27.0 Å². The summed E-state index contributed by atoms with van der Waals surface area (Å²) in [6.07, 6.45) is 1.51. The molecule has 18 heavy (non-hydrogen) atoms. The maximum atomic E-state index is 10.9. The van der Waals surface area contributed by atoms with E-state index in [4.69, 9.17) is 5.11 Å². The summed E-state index contributed by atoms with van der Waals surface area (Å²) in [5, 5.41) is 10.9. The molecule has 0 spiro atoms. The lowest BCUT2D eigenvalue weighted by molar-refractivity contribution is 0.0690. The number of carboxylic acids is 1. The Morgan fingerprint density at radius 3 is 2.94 bits per heavy atom. The standard InChI is InChI=1S/C12H11BrN2O2S/c1-15(6-10-4-8(13)7-18-10)9-2-3-14-11(5-9)12(16)17/h2-5,7H,6H2,1H3,(H,16,17). The summed E-state index contributed by atoms with van der Waals surface area (Å²) < 4.78 is 1.07. The second kappa shape index (κ2) is 5.49. The third-order valence-electron chi connectivity index (χ3n) is 2.42. The lowest BCUT2D eigenvalue weighted by Crippen LogP contribution is -2.16. The fourth-order valence-corrected chi connectivity index (χ4v) is 3.04. The van der Waals surface area contributed by atoms with Crippen LogP contribution in [-0.2, 0) is 6.54 Å². The molecule has 0 fully saturated rings. The Bertz CT molecular complexity index is 571. The summed E-state index contributed by atoms with van der Waals surface area (Å²) in [6.45, 7) is 0.735. The van der Waals surface area contributed by atoms with Gasteiger partial charge in [0.2, 0.25) is 0 Å². The minimum absolute atomic E-state index is 0.0618. The highest BCUT2D eigenvalue weighted by Gasteiger charge is 2.09. The molecule has 0 bridgehead atoms. The number of pyridine rings is 1. The van der Waals surface area contributed by atoms with Gasteiger partial charge in [0.15, 0.2) is 0 Å². The minimum atomic E-state index is -1.01. The summed E-state index contributed by atoms with van der Waals surface area (Å²) in [4.78, 5) is 17.9. The summed E-state index contributed by atoms with van der Waals surface area (Å²) in [5.41, 5.74) is 0.902. The van der Waals surface area contributed by atoms with Crippen molar-refractivity contribution in [3.05, 3.63) is 44.8 Å². The number of thiophene rings is 1. The average Bonchev–Trinajstić information content (AvgIpc) is 2.75. The molecule has 0 saturated heterocycles. The Balaban J connectivity index is 2.15. The highest BCUT2D eigenvalue weighted by molar-refractivity contribution is 9.10. The van der Waals surface area contributed by atoms with Crippen LogP contribution in [0.25, 0.3) is 0 Å². The number of rotatable bonds is 4. The van der Waals surface area contributed by atoms with Crippen molar-refractivity contribution in [3.8, 4) is 0 Å². The molecule has 2 aromatic rings. The number of carboxylic acid groups (broad SMARTS) is 1. The molecule has 0 saturated carbocycles. The van der Waals surface area contributed by atoms with E-state index < -0.39 is 5.97 Å². The van der Waals surface area contributed by atoms with E-state index in [1.54, 1.807) is 23.5 Å². The molecule has 0 aliphatic heterocycles. The Labute approximate surface area is 117 Å². The van der Waals surface area contributed by atoms with E-state index in [9.17, 15) is 4.79 Å². The number of anilines is 1. The highest BCUT2D eigenvalue weighted by Crippen LogP contribution is 2.23. The van der Waals surface area contributed by atoms with Crippen LogP contribution in [0, 0.1) is 0 Å². The molecule has 0 amide bonds. The quantitative estimate of drug-likeness (QED) is 0.937. The number of hydrogen-bond donors (Lipinski definition) is 1. The SMILES string of the molecule is CN(Cc1cc(Br)cs1)c1ccnc(C(=O)O)c1. The monoisotopic (exact) mass is 326 g/mol. The fraction of sp³-hybridized carbons (Fsp3) is 0.167. The largest absolute Gasteiger partial charge is 0.477 e. The number of hydrogen-bond acceptors (Lipinski definition) is 4. The molecule has 0 aliphatic rings. The summed E-state index contributed by atoms with van der Waals surface area (Å²) in [7, 11) is 1.93. The van der Waals surface area contributed by atoms with Gasteiger partial charge in [-0.15, -0.1) is 11.3 Å². The van der Waals surface area contributed by atoms with E-state index >= 15 is 0 Å². The molecule has 1 N–H and O–H groups in total. The number of aromatic nitrogens is 1. The van der Waals surface area contributed by atoms with E-state index in [1.165, 1.54) is 11.1 Å². The van der Waals surface area contributed by atoms with Gasteiger partial charge in [0.1, 0.15) is 5.69 Å². The second-order valence-electron chi connectivity index (χ2n) is 3.79. The van der Waals surface area contributed by atoms with Crippen LogP contribution in [0.15, 0.2) is 34.2 Å². The molecule has 0 radical (unpaired) electrons.